The highest BCUT2D eigenvalue weighted by Gasteiger charge is 2.13. The highest BCUT2D eigenvalue weighted by atomic mass is 32.2. The highest BCUT2D eigenvalue weighted by Crippen LogP contribution is 2.23. The van der Waals surface area contributed by atoms with Crippen molar-refractivity contribution in [1.29, 1.82) is 0 Å². The van der Waals surface area contributed by atoms with Crippen LogP contribution in [0.25, 0.3) is 0 Å². The maximum atomic E-state index is 11.4. The van der Waals surface area contributed by atoms with Gasteiger partial charge in [0.2, 0.25) is 0 Å². The number of rotatable bonds is 5. The Kier molecular flexibility index (Phi) is 4.46. The van der Waals surface area contributed by atoms with Crippen molar-refractivity contribution in [3.05, 3.63) is 18.2 Å². The van der Waals surface area contributed by atoms with Crippen molar-refractivity contribution in [2.24, 2.45) is 0 Å². The molecule has 0 radical (unpaired) electrons. The van der Waals surface area contributed by atoms with E-state index in [1.54, 1.807) is 6.92 Å². The molecular weight excluding hydrogens is 288 g/mol. The van der Waals surface area contributed by atoms with Crippen molar-refractivity contribution in [3.8, 4) is 0 Å². The van der Waals surface area contributed by atoms with E-state index in [2.05, 4.69) is 5.32 Å². The molecule has 0 fully saturated rings. The first-order chi connectivity index (χ1) is 8.49. The molecule has 8 heteroatoms. The smallest absolute Gasteiger partial charge is 0.175 e. The van der Waals surface area contributed by atoms with E-state index in [4.69, 9.17) is 5.73 Å². The van der Waals surface area contributed by atoms with Gasteiger partial charge in [-0.15, -0.1) is 0 Å². The van der Waals surface area contributed by atoms with E-state index < -0.39 is 19.7 Å². The van der Waals surface area contributed by atoms with E-state index in [9.17, 15) is 16.8 Å². The summed E-state index contributed by atoms with van der Waals surface area (Å²) in [7, 11) is -6.39. The summed E-state index contributed by atoms with van der Waals surface area (Å²) >= 11 is 0. The molecule has 0 aromatic heterocycles. The molecule has 19 heavy (non-hydrogen) atoms. The molecule has 0 aliphatic heterocycles. The first-order valence-electron chi connectivity index (χ1n) is 5.53. The Balaban J connectivity index is 2.93. The third-order valence-electron chi connectivity index (χ3n) is 2.41. The fraction of sp³-hybridized carbons (Fsp3) is 0.455. The van der Waals surface area contributed by atoms with Gasteiger partial charge in [-0.3, -0.25) is 0 Å². The number of benzene rings is 1. The lowest BCUT2D eigenvalue weighted by Crippen LogP contribution is -2.25. The van der Waals surface area contributed by atoms with Gasteiger partial charge in [0.15, 0.2) is 9.84 Å². The first kappa shape index (κ1) is 15.8. The average Bonchev–Trinajstić information content (AvgIpc) is 2.16. The minimum Gasteiger partial charge on any atom is -0.397 e. The fourth-order valence-corrected chi connectivity index (χ4v) is 3.31. The normalized spacial score (nSPS) is 14.1. The molecule has 0 saturated carbocycles. The molecule has 0 saturated heterocycles. The predicted molar refractivity (Wildman–Crippen MR) is 76.8 cm³/mol. The lowest BCUT2D eigenvalue weighted by molar-refractivity contribution is 0.597. The average molecular weight is 306 g/mol. The van der Waals surface area contributed by atoms with Crippen LogP contribution in [0.3, 0.4) is 0 Å². The summed E-state index contributed by atoms with van der Waals surface area (Å²) in [5.74, 6) is -0.0275. The predicted octanol–water partition coefficient (Wildman–Crippen LogP) is 0.517. The quantitative estimate of drug-likeness (QED) is 0.768. The van der Waals surface area contributed by atoms with Gasteiger partial charge in [-0.1, -0.05) is 0 Å². The molecule has 1 aromatic rings. The van der Waals surface area contributed by atoms with Crippen molar-refractivity contribution in [2.75, 3.05) is 29.3 Å². The molecular formula is C11H18N2O4S2. The van der Waals surface area contributed by atoms with Crippen molar-refractivity contribution >= 4 is 31.0 Å². The Hall–Kier alpha value is -1.28. The number of anilines is 2. The van der Waals surface area contributed by atoms with Crippen molar-refractivity contribution in [2.45, 2.75) is 17.9 Å². The van der Waals surface area contributed by atoms with E-state index in [1.807, 2.05) is 0 Å². The van der Waals surface area contributed by atoms with Gasteiger partial charge in [0.05, 0.1) is 22.0 Å². The van der Waals surface area contributed by atoms with E-state index >= 15 is 0 Å². The van der Waals surface area contributed by atoms with E-state index in [0.29, 0.717) is 5.69 Å². The van der Waals surface area contributed by atoms with Gasteiger partial charge < -0.3 is 11.1 Å². The van der Waals surface area contributed by atoms with Crippen LogP contribution in [-0.2, 0) is 19.7 Å². The van der Waals surface area contributed by atoms with Gasteiger partial charge in [-0.2, -0.15) is 0 Å². The van der Waals surface area contributed by atoms with E-state index in [1.165, 1.54) is 18.2 Å². The number of nitrogen functional groups attached to an aromatic ring is 1. The summed E-state index contributed by atoms with van der Waals surface area (Å²) in [6.07, 6.45) is 2.25. The van der Waals surface area contributed by atoms with Crippen molar-refractivity contribution in [3.63, 3.8) is 0 Å². The summed E-state index contributed by atoms with van der Waals surface area (Å²) in [4.78, 5) is 0.131. The molecule has 0 amide bonds. The Morgan fingerprint density at radius 3 is 2.21 bits per heavy atom. The van der Waals surface area contributed by atoms with Gasteiger partial charge in [-0.05, 0) is 25.1 Å². The van der Waals surface area contributed by atoms with Gasteiger partial charge in [0, 0.05) is 18.6 Å². The third kappa shape index (κ3) is 5.07. The number of nitrogens with two attached hydrogens (primary N) is 1. The minimum atomic E-state index is -3.30. The standard InChI is InChI=1S/C11H18N2O4S2/c1-8(7-18(2,14)15)13-11-5-4-9(6-10(11)12)19(3,16)17/h4-6,8,13H,7,12H2,1-3H3. The second-order valence-electron chi connectivity index (χ2n) is 4.66. The van der Waals surface area contributed by atoms with Crippen LogP contribution in [0.15, 0.2) is 23.1 Å². The molecule has 1 unspecified atom stereocenters. The van der Waals surface area contributed by atoms with Crippen LogP contribution in [0.1, 0.15) is 6.92 Å². The van der Waals surface area contributed by atoms with Crippen LogP contribution in [0.5, 0.6) is 0 Å². The van der Waals surface area contributed by atoms with Gasteiger partial charge in [-0.25, -0.2) is 16.8 Å². The summed E-state index contributed by atoms with van der Waals surface area (Å²) in [6.45, 7) is 1.71. The lowest BCUT2D eigenvalue weighted by Gasteiger charge is -2.16. The molecule has 3 N–H and O–H groups in total. The molecule has 6 nitrogen and oxygen atoms in total. The topological polar surface area (TPSA) is 106 Å². The summed E-state index contributed by atoms with van der Waals surface area (Å²) < 4.78 is 45.0. The van der Waals surface area contributed by atoms with Crippen molar-refractivity contribution < 1.29 is 16.8 Å². The molecule has 1 rings (SSSR count). The zero-order valence-electron chi connectivity index (χ0n) is 11.0. The Labute approximate surface area is 113 Å². The molecule has 1 aromatic carbocycles. The number of sulfone groups is 2. The lowest BCUT2D eigenvalue weighted by atomic mass is 10.2. The summed E-state index contributed by atoms with van der Waals surface area (Å²) in [5, 5.41) is 2.95. The molecule has 0 bridgehead atoms. The monoisotopic (exact) mass is 306 g/mol. The molecule has 108 valence electrons. The second kappa shape index (κ2) is 5.38. The van der Waals surface area contributed by atoms with E-state index in [0.717, 1.165) is 12.5 Å². The van der Waals surface area contributed by atoms with Gasteiger partial charge >= 0.3 is 0 Å². The molecule has 0 heterocycles. The maximum Gasteiger partial charge on any atom is 0.175 e. The Morgan fingerprint density at radius 1 is 1.21 bits per heavy atom. The molecule has 0 spiro atoms. The number of hydrogen-bond donors (Lipinski definition) is 2. The Morgan fingerprint density at radius 2 is 1.79 bits per heavy atom. The zero-order chi connectivity index (χ0) is 14.8. The maximum absolute atomic E-state index is 11.4. The number of hydrogen-bond acceptors (Lipinski definition) is 6. The van der Waals surface area contributed by atoms with Crippen LogP contribution < -0.4 is 11.1 Å². The Bertz CT molecular complexity index is 666. The zero-order valence-corrected chi connectivity index (χ0v) is 12.7. The second-order valence-corrected chi connectivity index (χ2v) is 8.86. The number of nitrogens with one attached hydrogen (secondary N) is 1. The van der Waals surface area contributed by atoms with Gasteiger partial charge in [0.1, 0.15) is 9.84 Å². The van der Waals surface area contributed by atoms with Crippen LogP contribution in [0.2, 0.25) is 0 Å². The minimum absolute atomic E-state index is 0.0275. The largest absolute Gasteiger partial charge is 0.397 e. The van der Waals surface area contributed by atoms with Crippen LogP contribution >= 0.6 is 0 Å². The van der Waals surface area contributed by atoms with Crippen molar-refractivity contribution in [1.82, 2.24) is 0 Å². The molecule has 1 atom stereocenters. The van der Waals surface area contributed by atoms with Crippen LogP contribution in [0, 0.1) is 0 Å². The molecule has 0 aliphatic rings. The van der Waals surface area contributed by atoms with Crippen LogP contribution in [0.4, 0.5) is 11.4 Å². The first-order valence-corrected chi connectivity index (χ1v) is 9.48. The third-order valence-corrected chi connectivity index (χ3v) is 4.62. The van der Waals surface area contributed by atoms with E-state index in [-0.39, 0.29) is 22.4 Å². The van der Waals surface area contributed by atoms with Gasteiger partial charge in [0.25, 0.3) is 0 Å². The SMILES string of the molecule is CC(CS(C)(=O)=O)Nc1ccc(S(C)(=O)=O)cc1N. The highest BCUT2D eigenvalue weighted by molar-refractivity contribution is 7.91. The fourth-order valence-electron chi connectivity index (χ4n) is 1.66. The molecule has 0 aliphatic carbocycles. The van der Waals surface area contributed by atoms with Crippen LogP contribution in [-0.4, -0.2) is 41.1 Å². The summed E-state index contributed by atoms with van der Waals surface area (Å²) in [5.41, 5.74) is 6.54. The summed E-state index contributed by atoms with van der Waals surface area (Å²) in [6, 6.07) is 4.00.